The Hall–Kier alpha value is -4.85. The molecule has 0 atom stereocenters. The van der Waals surface area contributed by atoms with Gasteiger partial charge in [-0.05, 0) is 78.6 Å². The van der Waals surface area contributed by atoms with Crippen LogP contribution in [0.3, 0.4) is 0 Å². The summed E-state index contributed by atoms with van der Waals surface area (Å²) in [4.78, 5) is 40.0. The maximum Gasteiger partial charge on any atom is 0.340 e. The second-order valence-corrected chi connectivity index (χ2v) is 9.53. The van der Waals surface area contributed by atoms with Gasteiger partial charge in [-0.3, -0.25) is 14.5 Å². The summed E-state index contributed by atoms with van der Waals surface area (Å²) in [7, 11) is 2.87. The van der Waals surface area contributed by atoms with Gasteiger partial charge in [0.1, 0.15) is 11.5 Å². The van der Waals surface area contributed by atoms with Crippen LogP contribution in [0, 0.1) is 0 Å². The van der Waals surface area contributed by atoms with Gasteiger partial charge in [-0.15, -0.1) is 0 Å². The second kappa shape index (κ2) is 12.3. The molecule has 0 fully saturated rings. The van der Waals surface area contributed by atoms with Crippen molar-refractivity contribution in [3.63, 3.8) is 0 Å². The summed E-state index contributed by atoms with van der Waals surface area (Å²) in [6, 6.07) is 21.6. The van der Waals surface area contributed by atoms with Crippen LogP contribution in [0.5, 0.6) is 11.5 Å². The van der Waals surface area contributed by atoms with Crippen LogP contribution in [0.2, 0.25) is 0 Å². The first-order chi connectivity index (χ1) is 19.2. The molecule has 0 saturated carbocycles. The van der Waals surface area contributed by atoms with Crippen molar-refractivity contribution in [2.24, 2.45) is 0 Å². The standard InChI is InChI=1S/C32H32N2O6/c1-20(2)23-8-12-25(13-9-23)34-21(3)30(32(37)39-5)28(31(34)36)18-22-6-14-27(15-7-22)40-19-29(35)33-24-10-16-26(38-4)17-11-24/h6-18,20H,19H2,1-5H3,(H,33,35)/b28-18-. The van der Waals surface area contributed by atoms with Crippen molar-refractivity contribution in [1.29, 1.82) is 0 Å². The van der Waals surface area contributed by atoms with Crippen LogP contribution in [0.1, 0.15) is 37.8 Å². The van der Waals surface area contributed by atoms with Crippen LogP contribution < -0.4 is 19.7 Å². The smallest absolute Gasteiger partial charge is 0.340 e. The molecule has 3 aromatic carbocycles. The van der Waals surface area contributed by atoms with E-state index in [4.69, 9.17) is 14.2 Å². The van der Waals surface area contributed by atoms with Crippen molar-refractivity contribution in [3.8, 4) is 11.5 Å². The molecule has 1 aliphatic heterocycles. The Kier molecular flexibility index (Phi) is 8.69. The van der Waals surface area contributed by atoms with Gasteiger partial charge in [0.15, 0.2) is 6.61 Å². The number of allylic oxidation sites excluding steroid dienone is 1. The molecule has 0 bridgehead atoms. The van der Waals surface area contributed by atoms with Gasteiger partial charge >= 0.3 is 5.97 Å². The van der Waals surface area contributed by atoms with Gasteiger partial charge in [-0.1, -0.05) is 38.1 Å². The van der Waals surface area contributed by atoms with E-state index >= 15 is 0 Å². The summed E-state index contributed by atoms with van der Waals surface area (Å²) in [6.45, 7) is 5.76. The lowest BCUT2D eigenvalue weighted by Crippen LogP contribution is -2.24. The fraction of sp³-hybridized carbons (Fsp3) is 0.219. The number of methoxy groups -OCH3 is 2. The number of amides is 2. The third-order valence-corrected chi connectivity index (χ3v) is 6.54. The number of rotatable bonds is 9. The summed E-state index contributed by atoms with van der Waals surface area (Å²) in [5.74, 6) is 0.332. The second-order valence-electron chi connectivity index (χ2n) is 9.53. The molecule has 1 heterocycles. The van der Waals surface area contributed by atoms with Crippen LogP contribution in [-0.4, -0.2) is 38.6 Å². The van der Waals surface area contributed by atoms with Gasteiger partial charge in [0.2, 0.25) is 0 Å². The van der Waals surface area contributed by atoms with Crippen LogP contribution in [0.4, 0.5) is 11.4 Å². The van der Waals surface area contributed by atoms with Crippen LogP contribution in [0.25, 0.3) is 6.08 Å². The zero-order valence-corrected chi connectivity index (χ0v) is 23.2. The summed E-state index contributed by atoms with van der Waals surface area (Å²) >= 11 is 0. The molecule has 0 radical (unpaired) electrons. The molecule has 1 N–H and O–H groups in total. The molecule has 206 valence electrons. The first-order valence-corrected chi connectivity index (χ1v) is 12.8. The van der Waals surface area contributed by atoms with Gasteiger partial charge in [0.05, 0.1) is 25.4 Å². The van der Waals surface area contributed by atoms with E-state index in [2.05, 4.69) is 19.2 Å². The lowest BCUT2D eigenvalue weighted by atomic mass is 10.0. The van der Waals surface area contributed by atoms with Crippen molar-refractivity contribution < 1.29 is 28.6 Å². The number of hydrogen-bond acceptors (Lipinski definition) is 6. The van der Waals surface area contributed by atoms with E-state index < -0.39 is 5.97 Å². The van der Waals surface area contributed by atoms with Crippen molar-refractivity contribution in [3.05, 3.63) is 101 Å². The minimum absolute atomic E-state index is 0.177. The van der Waals surface area contributed by atoms with Gasteiger partial charge in [-0.2, -0.15) is 0 Å². The van der Waals surface area contributed by atoms with E-state index in [0.29, 0.717) is 40.1 Å². The van der Waals surface area contributed by atoms with E-state index in [1.807, 2.05) is 24.3 Å². The van der Waals surface area contributed by atoms with Crippen LogP contribution >= 0.6 is 0 Å². The van der Waals surface area contributed by atoms with Crippen LogP contribution in [-0.2, 0) is 19.1 Å². The van der Waals surface area contributed by atoms with E-state index in [0.717, 1.165) is 5.56 Å². The number of nitrogens with zero attached hydrogens (tertiary/aromatic N) is 1. The van der Waals surface area contributed by atoms with Crippen molar-refractivity contribution in [1.82, 2.24) is 0 Å². The van der Waals surface area contributed by atoms with Crippen molar-refractivity contribution in [2.75, 3.05) is 31.0 Å². The lowest BCUT2D eigenvalue weighted by molar-refractivity contribution is -0.136. The minimum atomic E-state index is -0.582. The summed E-state index contributed by atoms with van der Waals surface area (Å²) < 4.78 is 15.7. The van der Waals surface area contributed by atoms with E-state index in [1.54, 1.807) is 68.6 Å². The number of carbonyl (C=O) groups excluding carboxylic acids is 3. The molecule has 0 aromatic heterocycles. The van der Waals surface area contributed by atoms with Gasteiger partial charge in [0, 0.05) is 17.1 Å². The topological polar surface area (TPSA) is 94.2 Å². The Morgan fingerprint density at radius 1 is 0.900 bits per heavy atom. The summed E-state index contributed by atoms with van der Waals surface area (Å²) in [6.07, 6.45) is 1.65. The molecule has 4 rings (SSSR count). The predicted octanol–water partition coefficient (Wildman–Crippen LogP) is 5.71. The Labute approximate surface area is 233 Å². The maximum atomic E-state index is 13.5. The molecule has 2 amide bonds. The quantitative estimate of drug-likeness (QED) is 0.276. The van der Waals surface area contributed by atoms with Gasteiger partial charge in [0.25, 0.3) is 11.8 Å². The monoisotopic (exact) mass is 540 g/mol. The molecule has 3 aromatic rings. The van der Waals surface area contributed by atoms with Gasteiger partial charge < -0.3 is 19.5 Å². The zero-order chi connectivity index (χ0) is 28.8. The fourth-order valence-corrected chi connectivity index (χ4v) is 4.35. The Bertz CT molecular complexity index is 1450. The summed E-state index contributed by atoms with van der Waals surface area (Å²) in [5, 5.41) is 2.76. The minimum Gasteiger partial charge on any atom is -0.497 e. The Morgan fingerprint density at radius 3 is 2.10 bits per heavy atom. The number of hydrogen-bond donors (Lipinski definition) is 1. The molecule has 0 aliphatic carbocycles. The molecular weight excluding hydrogens is 508 g/mol. The molecule has 40 heavy (non-hydrogen) atoms. The molecule has 8 nitrogen and oxygen atoms in total. The molecule has 8 heteroatoms. The van der Waals surface area contributed by atoms with Crippen molar-refractivity contribution >= 4 is 35.2 Å². The number of nitrogens with one attached hydrogen (secondary N) is 1. The molecule has 0 saturated heterocycles. The number of esters is 1. The highest BCUT2D eigenvalue weighted by molar-refractivity contribution is 6.23. The highest BCUT2D eigenvalue weighted by Gasteiger charge is 2.37. The highest BCUT2D eigenvalue weighted by Crippen LogP contribution is 2.36. The Balaban J connectivity index is 1.48. The highest BCUT2D eigenvalue weighted by atomic mass is 16.5. The Morgan fingerprint density at radius 2 is 1.52 bits per heavy atom. The maximum absolute atomic E-state index is 13.5. The average molecular weight is 541 g/mol. The van der Waals surface area contributed by atoms with E-state index in [1.165, 1.54) is 12.0 Å². The average Bonchev–Trinajstić information content (AvgIpc) is 3.21. The first kappa shape index (κ1) is 28.2. The number of benzene rings is 3. The van der Waals surface area contributed by atoms with Crippen molar-refractivity contribution in [2.45, 2.75) is 26.7 Å². The lowest BCUT2D eigenvalue weighted by Gasteiger charge is -2.19. The summed E-state index contributed by atoms with van der Waals surface area (Å²) in [5.41, 5.74) is 4.11. The SMILES string of the molecule is COC(=O)C1=C(C)N(c2ccc(C(C)C)cc2)C(=O)/C1=C\c1ccc(OCC(=O)Nc2ccc(OC)cc2)cc1. The molecule has 0 spiro atoms. The van der Waals surface area contributed by atoms with E-state index in [-0.39, 0.29) is 29.6 Å². The zero-order valence-electron chi connectivity index (χ0n) is 23.2. The predicted molar refractivity (Wildman–Crippen MR) is 154 cm³/mol. The molecule has 1 aliphatic rings. The number of ether oxygens (including phenoxy) is 3. The van der Waals surface area contributed by atoms with Crippen LogP contribution in [0.15, 0.2) is 89.6 Å². The number of anilines is 2. The third-order valence-electron chi connectivity index (χ3n) is 6.54. The number of carbonyl (C=O) groups is 3. The molecular formula is C32H32N2O6. The fourth-order valence-electron chi connectivity index (χ4n) is 4.35. The normalized spacial score (nSPS) is 14.1. The van der Waals surface area contributed by atoms with E-state index in [9.17, 15) is 14.4 Å². The first-order valence-electron chi connectivity index (χ1n) is 12.8. The van der Waals surface area contributed by atoms with Gasteiger partial charge in [-0.25, -0.2) is 4.79 Å². The molecule has 0 unspecified atom stereocenters. The third kappa shape index (κ3) is 6.23. The largest absolute Gasteiger partial charge is 0.497 e.